The number of benzene rings is 1. The van der Waals surface area contributed by atoms with Gasteiger partial charge in [-0.3, -0.25) is 4.79 Å². The van der Waals surface area contributed by atoms with Crippen LogP contribution in [0.1, 0.15) is 10.5 Å². The minimum atomic E-state index is 0.0640. The van der Waals surface area contributed by atoms with Crippen molar-refractivity contribution in [3.8, 4) is 5.75 Å². The molecule has 0 unspecified atom stereocenters. The molecule has 0 spiro atoms. The molecule has 2 N–H and O–H groups in total. The number of methoxy groups -OCH3 is 1. The van der Waals surface area contributed by atoms with Crippen molar-refractivity contribution in [1.29, 1.82) is 0 Å². The Labute approximate surface area is 85.9 Å². The molecule has 76 valence electrons. The molecule has 2 rings (SSSR count). The molecule has 5 heteroatoms. The van der Waals surface area contributed by atoms with E-state index >= 15 is 0 Å². The molecule has 0 aliphatic heterocycles. The number of carbonyl (C=O) groups excluding carboxylic acids is 1. The standard InChI is InChI=1S/C10H9N3O2/c1-15-8-4-2-3-6-7(5-14)12-10(11)13-9(6)8/h2-5H,1H3,(H2,11,12,13). The first-order valence-corrected chi connectivity index (χ1v) is 4.31. The lowest BCUT2D eigenvalue weighted by atomic mass is 10.2. The Morgan fingerprint density at radius 1 is 1.40 bits per heavy atom. The predicted molar refractivity (Wildman–Crippen MR) is 55.9 cm³/mol. The summed E-state index contributed by atoms with van der Waals surface area (Å²) in [7, 11) is 1.54. The fourth-order valence-corrected chi connectivity index (χ4v) is 1.42. The summed E-state index contributed by atoms with van der Waals surface area (Å²) in [4.78, 5) is 18.7. The largest absolute Gasteiger partial charge is 0.494 e. The van der Waals surface area contributed by atoms with Gasteiger partial charge < -0.3 is 10.5 Å². The Kier molecular flexibility index (Phi) is 2.21. The average Bonchev–Trinajstić information content (AvgIpc) is 2.27. The van der Waals surface area contributed by atoms with E-state index in [0.717, 1.165) is 0 Å². The highest BCUT2D eigenvalue weighted by Gasteiger charge is 2.08. The number of hydrogen-bond acceptors (Lipinski definition) is 5. The van der Waals surface area contributed by atoms with E-state index in [-0.39, 0.29) is 11.6 Å². The van der Waals surface area contributed by atoms with E-state index in [1.165, 1.54) is 7.11 Å². The van der Waals surface area contributed by atoms with E-state index in [9.17, 15) is 4.79 Å². The van der Waals surface area contributed by atoms with Crippen LogP contribution in [0.25, 0.3) is 10.9 Å². The number of nitrogen functional groups attached to an aromatic ring is 1. The number of fused-ring (bicyclic) bond motifs is 1. The van der Waals surface area contributed by atoms with Gasteiger partial charge in [-0.05, 0) is 6.07 Å². The monoisotopic (exact) mass is 203 g/mol. The molecule has 15 heavy (non-hydrogen) atoms. The maximum Gasteiger partial charge on any atom is 0.221 e. The van der Waals surface area contributed by atoms with E-state index in [2.05, 4.69) is 9.97 Å². The molecule has 0 saturated heterocycles. The van der Waals surface area contributed by atoms with Crippen molar-refractivity contribution in [3.05, 3.63) is 23.9 Å². The molecule has 0 aliphatic rings. The molecule has 1 aromatic carbocycles. The van der Waals surface area contributed by atoms with Crippen molar-refractivity contribution < 1.29 is 9.53 Å². The number of aromatic nitrogens is 2. The van der Waals surface area contributed by atoms with Crippen LogP contribution in [0.4, 0.5) is 5.95 Å². The molecule has 5 nitrogen and oxygen atoms in total. The lowest BCUT2D eigenvalue weighted by Gasteiger charge is -2.05. The molecular weight excluding hydrogens is 194 g/mol. The first kappa shape index (κ1) is 9.39. The summed E-state index contributed by atoms with van der Waals surface area (Å²) in [6.07, 6.45) is 0.653. The Morgan fingerprint density at radius 3 is 2.87 bits per heavy atom. The van der Waals surface area contributed by atoms with Crippen molar-refractivity contribution in [1.82, 2.24) is 9.97 Å². The smallest absolute Gasteiger partial charge is 0.221 e. The van der Waals surface area contributed by atoms with Crippen molar-refractivity contribution in [3.63, 3.8) is 0 Å². The van der Waals surface area contributed by atoms with E-state index in [0.29, 0.717) is 22.9 Å². The molecule has 0 aliphatic carbocycles. The molecule has 0 amide bonds. The zero-order valence-corrected chi connectivity index (χ0v) is 8.10. The Bertz CT molecular complexity index is 525. The molecule has 0 bridgehead atoms. The molecule has 2 aromatic rings. The number of anilines is 1. The third-order valence-electron chi connectivity index (χ3n) is 2.07. The summed E-state index contributed by atoms with van der Waals surface area (Å²) in [6, 6.07) is 5.28. The number of nitrogens with zero attached hydrogens (tertiary/aromatic N) is 2. The molecule has 0 radical (unpaired) electrons. The number of aldehydes is 1. The maximum absolute atomic E-state index is 10.8. The van der Waals surface area contributed by atoms with Gasteiger partial charge in [-0.1, -0.05) is 12.1 Å². The SMILES string of the molecule is COc1cccc2c(C=O)nc(N)nc12. The summed E-state index contributed by atoms with van der Waals surface area (Å²) >= 11 is 0. The van der Waals surface area contributed by atoms with Crippen LogP contribution in [0.2, 0.25) is 0 Å². The second-order valence-electron chi connectivity index (χ2n) is 2.94. The van der Waals surface area contributed by atoms with Gasteiger partial charge >= 0.3 is 0 Å². The Hall–Kier alpha value is -2.17. The highest BCUT2D eigenvalue weighted by atomic mass is 16.5. The van der Waals surface area contributed by atoms with Crippen LogP contribution in [0.15, 0.2) is 18.2 Å². The lowest BCUT2D eigenvalue weighted by molar-refractivity contribution is 0.112. The van der Waals surface area contributed by atoms with E-state index < -0.39 is 0 Å². The fourth-order valence-electron chi connectivity index (χ4n) is 1.42. The summed E-state index contributed by atoms with van der Waals surface area (Å²) in [5.74, 6) is 0.638. The van der Waals surface area contributed by atoms with Crippen LogP contribution in [-0.4, -0.2) is 23.4 Å². The zero-order chi connectivity index (χ0) is 10.8. The third-order valence-corrected chi connectivity index (χ3v) is 2.07. The minimum absolute atomic E-state index is 0.0640. The van der Waals surface area contributed by atoms with Crippen molar-refractivity contribution in [2.45, 2.75) is 0 Å². The van der Waals surface area contributed by atoms with Gasteiger partial charge in [0.1, 0.15) is 17.0 Å². The third kappa shape index (κ3) is 1.48. The molecule has 1 heterocycles. The van der Waals surface area contributed by atoms with Gasteiger partial charge in [-0.2, -0.15) is 0 Å². The van der Waals surface area contributed by atoms with Gasteiger partial charge in [0.05, 0.1) is 7.11 Å². The maximum atomic E-state index is 10.8. The van der Waals surface area contributed by atoms with E-state index in [1.54, 1.807) is 18.2 Å². The van der Waals surface area contributed by atoms with E-state index in [1.807, 2.05) is 0 Å². The number of hydrogen-bond donors (Lipinski definition) is 1. The van der Waals surface area contributed by atoms with Crippen LogP contribution < -0.4 is 10.5 Å². The van der Waals surface area contributed by atoms with Gasteiger partial charge in [-0.25, -0.2) is 9.97 Å². The van der Waals surface area contributed by atoms with E-state index in [4.69, 9.17) is 10.5 Å². The fraction of sp³-hybridized carbons (Fsp3) is 0.100. The van der Waals surface area contributed by atoms with Crippen molar-refractivity contribution in [2.75, 3.05) is 12.8 Å². The highest BCUT2D eigenvalue weighted by Crippen LogP contribution is 2.25. The van der Waals surface area contributed by atoms with Gasteiger partial charge in [0.25, 0.3) is 0 Å². The van der Waals surface area contributed by atoms with Crippen LogP contribution in [0.5, 0.6) is 5.75 Å². The van der Waals surface area contributed by atoms with Crippen LogP contribution in [-0.2, 0) is 0 Å². The highest BCUT2D eigenvalue weighted by molar-refractivity contribution is 5.97. The first-order valence-electron chi connectivity index (χ1n) is 4.31. The Balaban J connectivity index is 2.88. The number of rotatable bonds is 2. The molecular formula is C10H9N3O2. The number of ether oxygens (including phenoxy) is 1. The summed E-state index contributed by atoms with van der Waals surface area (Å²) in [6.45, 7) is 0. The van der Waals surface area contributed by atoms with Crippen molar-refractivity contribution in [2.24, 2.45) is 0 Å². The Morgan fingerprint density at radius 2 is 2.20 bits per heavy atom. The average molecular weight is 203 g/mol. The summed E-state index contributed by atoms with van der Waals surface area (Å²) < 4.78 is 5.12. The zero-order valence-electron chi connectivity index (χ0n) is 8.10. The molecule has 1 aromatic heterocycles. The minimum Gasteiger partial charge on any atom is -0.494 e. The van der Waals surface area contributed by atoms with Gasteiger partial charge in [0.15, 0.2) is 6.29 Å². The molecule has 0 atom stereocenters. The topological polar surface area (TPSA) is 78.1 Å². The number of para-hydroxylation sites is 1. The van der Waals surface area contributed by atoms with Gasteiger partial charge in [-0.15, -0.1) is 0 Å². The lowest BCUT2D eigenvalue weighted by Crippen LogP contribution is -2.01. The summed E-state index contributed by atoms with van der Waals surface area (Å²) in [5, 5.41) is 0.638. The van der Waals surface area contributed by atoms with Gasteiger partial charge in [0.2, 0.25) is 5.95 Å². The normalized spacial score (nSPS) is 10.2. The number of carbonyl (C=O) groups is 1. The summed E-state index contributed by atoms with van der Waals surface area (Å²) in [5.41, 5.74) is 6.31. The van der Waals surface area contributed by atoms with Crippen molar-refractivity contribution >= 4 is 23.1 Å². The van der Waals surface area contributed by atoms with Crippen LogP contribution in [0, 0.1) is 0 Å². The molecule has 0 fully saturated rings. The van der Waals surface area contributed by atoms with Crippen LogP contribution in [0.3, 0.4) is 0 Å². The first-order chi connectivity index (χ1) is 7.26. The molecule has 0 saturated carbocycles. The second kappa shape index (κ2) is 3.53. The quantitative estimate of drug-likeness (QED) is 0.737. The van der Waals surface area contributed by atoms with Gasteiger partial charge in [0, 0.05) is 5.39 Å². The predicted octanol–water partition coefficient (Wildman–Crippen LogP) is 1.03. The number of nitrogens with two attached hydrogens (primary N) is 1. The van der Waals surface area contributed by atoms with Crippen LogP contribution >= 0.6 is 0 Å². The second-order valence-corrected chi connectivity index (χ2v) is 2.94.